The number of hydrogen-bond donors (Lipinski definition) is 0. The second-order valence-corrected chi connectivity index (χ2v) is 6.24. The van der Waals surface area contributed by atoms with Crippen LogP contribution in [-0.2, 0) is 6.54 Å². The van der Waals surface area contributed by atoms with E-state index >= 15 is 0 Å². The fourth-order valence-corrected chi connectivity index (χ4v) is 3.72. The van der Waals surface area contributed by atoms with E-state index in [4.69, 9.17) is 11.6 Å². The van der Waals surface area contributed by atoms with Crippen molar-refractivity contribution in [3.8, 4) is 0 Å². The minimum atomic E-state index is 0.877. The summed E-state index contributed by atoms with van der Waals surface area (Å²) in [5, 5.41) is 4.46. The molecule has 18 heavy (non-hydrogen) atoms. The first-order valence-corrected chi connectivity index (χ1v) is 7.55. The summed E-state index contributed by atoms with van der Waals surface area (Å²) in [6, 6.07) is 6.20. The van der Waals surface area contributed by atoms with Crippen molar-refractivity contribution < 1.29 is 0 Å². The van der Waals surface area contributed by atoms with Crippen molar-refractivity contribution in [3.05, 3.63) is 34.2 Å². The molecule has 0 saturated carbocycles. The third kappa shape index (κ3) is 2.41. The highest BCUT2D eigenvalue weighted by Gasteiger charge is 2.15. The van der Waals surface area contributed by atoms with E-state index in [0.29, 0.717) is 0 Å². The van der Waals surface area contributed by atoms with Gasteiger partial charge in [0.25, 0.3) is 0 Å². The largest absolute Gasteiger partial charge is 0.304 e. The normalized spacial score (nSPS) is 18.6. The average Bonchev–Trinajstić information content (AvgIpc) is 2.77. The van der Waals surface area contributed by atoms with Gasteiger partial charge in [0.2, 0.25) is 0 Å². The van der Waals surface area contributed by atoms with Crippen molar-refractivity contribution >= 4 is 33.0 Å². The second-order valence-electron chi connectivity index (χ2n) is 4.96. The van der Waals surface area contributed by atoms with Crippen LogP contribution in [0.4, 0.5) is 0 Å². The zero-order valence-electron chi connectivity index (χ0n) is 10.5. The Morgan fingerprint density at radius 2 is 2.00 bits per heavy atom. The van der Waals surface area contributed by atoms with E-state index < -0.39 is 0 Å². The first kappa shape index (κ1) is 12.4. The highest BCUT2D eigenvalue weighted by molar-refractivity contribution is 7.18. The molecule has 1 aliphatic rings. The van der Waals surface area contributed by atoms with Gasteiger partial charge in [0.15, 0.2) is 0 Å². The quantitative estimate of drug-likeness (QED) is 0.833. The van der Waals surface area contributed by atoms with Crippen LogP contribution in [0.15, 0.2) is 23.6 Å². The molecule has 0 bridgehead atoms. The molecule has 1 saturated heterocycles. The summed E-state index contributed by atoms with van der Waals surface area (Å²) in [6.45, 7) is 5.71. The molecule has 1 aliphatic heterocycles. The van der Waals surface area contributed by atoms with Gasteiger partial charge in [-0.25, -0.2) is 0 Å². The van der Waals surface area contributed by atoms with E-state index in [1.165, 1.54) is 28.7 Å². The molecule has 2 nitrogen and oxygen atoms in total. The van der Waals surface area contributed by atoms with Crippen LogP contribution in [0.5, 0.6) is 0 Å². The summed E-state index contributed by atoms with van der Waals surface area (Å²) in [5.41, 5.74) is 1.42. The van der Waals surface area contributed by atoms with Gasteiger partial charge in [0.05, 0.1) is 9.72 Å². The number of likely N-dealkylation sites (N-methyl/N-ethyl adjacent to an activating group) is 1. The Balaban J connectivity index is 1.81. The van der Waals surface area contributed by atoms with E-state index in [1.807, 2.05) is 12.1 Å². The molecule has 0 unspecified atom stereocenters. The molecule has 0 aliphatic carbocycles. The summed E-state index contributed by atoms with van der Waals surface area (Å²) >= 11 is 7.98. The van der Waals surface area contributed by atoms with E-state index in [9.17, 15) is 0 Å². The van der Waals surface area contributed by atoms with Crippen molar-refractivity contribution in [1.82, 2.24) is 9.80 Å². The topological polar surface area (TPSA) is 6.48 Å². The van der Waals surface area contributed by atoms with Gasteiger partial charge in [-0.3, -0.25) is 4.90 Å². The van der Waals surface area contributed by atoms with Gasteiger partial charge in [-0.2, -0.15) is 0 Å². The van der Waals surface area contributed by atoms with Gasteiger partial charge in [-0.1, -0.05) is 23.7 Å². The monoisotopic (exact) mass is 280 g/mol. The van der Waals surface area contributed by atoms with Crippen LogP contribution >= 0.6 is 22.9 Å². The summed E-state index contributed by atoms with van der Waals surface area (Å²) in [4.78, 5) is 4.92. The lowest BCUT2D eigenvalue weighted by molar-refractivity contribution is 0.148. The Kier molecular flexibility index (Phi) is 3.57. The van der Waals surface area contributed by atoms with Gasteiger partial charge < -0.3 is 4.90 Å². The maximum absolute atomic E-state index is 6.22. The van der Waals surface area contributed by atoms with Crippen LogP contribution < -0.4 is 0 Å². The molecular formula is C14H17ClN2S. The molecule has 0 spiro atoms. The number of hydrogen-bond acceptors (Lipinski definition) is 3. The second kappa shape index (κ2) is 5.17. The molecule has 0 amide bonds. The Morgan fingerprint density at radius 1 is 1.22 bits per heavy atom. The van der Waals surface area contributed by atoms with Crippen LogP contribution in [0.1, 0.15) is 5.56 Å². The number of thiophene rings is 1. The number of fused-ring (bicyclic) bond motifs is 1. The lowest BCUT2D eigenvalue weighted by Gasteiger charge is -2.32. The van der Waals surface area contributed by atoms with Crippen LogP contribution in [0, 0.1) is 0 Å². The van der Waals surface area contributed by atoms with E-state index in [1.54, 1.807) is 11.3 Å². The highest BCUT2D eigenvalue weighted by atomic mass is 35.5. The molecule has 2 aromatic rings. The molecule has 3 rings (SSSR count). The van der Waals surface area contributed by atoms with Gasteiger partial charge in [0.1, 0.15) is 0 Å². The maximum atomic E-state index is 6.22. The average molecular weight is 281 g/mol. The molecule has 96 valence electrons. The van der Waals surface area contributed by atoms with Crippen molar-refractivity contribution in [1.29, 1.82) is 0 Å². The first-order valence-electron chi connectivity index (χ1n) is 6.29. The summed E-state index contributed by atoms with van der Waals surface area (Å²) in [7, 11) is 2.19. The smallest absolute Gasteiger partial charge is 0.0584 e. The molecule has 1 aromatic heterocycles. The molecule has 0 radical (unpaired) electrons. The molecular weight excluding hydrogens is 264 g/mol. The number of benzene rings is 1. The van der Waals surface area contributed by atoms with Crippen molar-refractivity contribution in [3.63, 3.8) is 0 Å². The standard InChI is InChI=1S/C14H17ClN2S/c1-16-5-7-17(8-6-16)9-11-10-18-14-12(11)3-2-4-13(14)15/h2-4,10H,5-9H2,1H3. The van der Waals surface area contributed by atoms with Crippen LogP contribution in [-0.4, -0.2) is 43.0 Å². The minimum Gasteiger partial charge on any atom is -0.304 e. The van der Waals surface area contributed by atoms with Crippen molar-refractivity contribution in [2.75, 3.05) is 33.2 Å². The summed E-state index contributed by atoms with van der Waals surface area (Å²) < 4.78 is 1.23. The third-order valence-corrected chi connectivity index (χ3v) is 5.13. The Morgan fingerprint density at radius 3 is 2.78 bits per heavy atom. The van der Waals surface area contributed by atoms with Crippen molar-refractivity contribution in [2.24, 2.45) is 0 Å². The van der Waals surface area contributed by atoms with Crippen LogP contribution in [0.25, 0.3) is 10.1 Å². The van der Waals surface area contributed by atoms with Gasteiger partial charge in [-0.05, 0) is 29.4 Å². The lowest BCUT2D eigenvalue weighted by Crippen LogP contribution is -2.43. The predicted molar refractivity (Wildman–Crippen MR) is 79.6 cm³/mol. The molecule has 4 heteroatoms. The van der Waals surface area contributed by atoms with Crippen molar-refractivity contribution in [2.45, 2.75) is 6.54 Å². The van der Waals surface area contributed by atoms with Gasteiger partial charge >= 0.3 is 0 Å². The Hall–Kier alpha value is -0.610. The SMILES string of the molecule is CN1CCN(Cc2csc3c(Cl)cccc23)CC1. The highest BCUT2D eigenvalue weighted by Crippen LogP contribution is 2.32. The first-order chi connectivity index (χ1) is 8.74. The third-order valence-electron chi connectivity index (χ3n) is 3.62. The zero-order chi connectivity index (χ0) is 12.5. The number of piperazine rings is 1. The van der Waals surface area contributed by atoms with E-state index in [0.717, 1.165) is 24.7 Å². The fraction of sp³-hybridized carbons (Fsp3) is 0.429. The molecule has 0 atom stereocenters. The maximum Gasteiger partial charge on any atom is 0.0584 e. The lowest BCUT2D eigenvalue weighted by atomic mass is 10.1. The Labute approximate surface area is 117 Å². The number of halogens is 1. The zero-order valence-corrected chi connectivity index (χ0v) is 12.1. The summed E-state index contributed by atoms with van der Waals surface area (Å²) in [5.74, 6) is 0. The fourth-order valence-electron chi connectivity index (χ4n) is 2.44. The minimum absolute atomic E-state index is 0.877. The van der Waals surface area contributed by atoms with Gasteiger partial charge in [0, 0.05) is 32.7 Å². The summed E-state index contributed by atoms with van der Waals surface area (Å²) in [6.07, 6.45) is 0. The Bertz CT molecular complexity index is 544. The van der Waals surface area contributed by atoms with Crippen LogP contribution in [0.3, 0.4) is 0 Å². The van der Waals surface area contributed by atoms with E-state index in [-0.39, 0.29) is 0 Å². The molecule has 0 N–H and O–H groups in total. The van der Waals surface area contributed by atoms with Crippen LogP contribution in [0.2, 0.25) is 5.02 Å². The van der Waals surface area contributed by atoms with Gasteiger partial charge in [-0.15, -0.1) is 11.3 Å². The number of nitrogens with zero attached hydrogens (tertiary/aromatic N) is 2. The molecule has 1 fully saturated rings. The molecule has 1 aromatic carbocycles. The molecule has 2 heterocycles. The van der Waals surface area contributed by atoms with E-state index in [2.05, 4.69) is 28.3 Å². The number of rotatable bonds is 2. The predicted octanol–water partition coefficient (Wildman–Crippen LogP) is 3.30.